The number of nitrogens with zero attached hydrogens (tertiary/aromatic N) is 2. The number of hydrogen-bond donors (Lipinski definition) is 3. The van der Waals surface area contributed by atoms with E-state index in [1.165, 1.54) is 18.0 Å². The molecule has 1 amide bonds. The van der Waals surface area contributed by atoms with Gasteiger partial charge >= 0.3 is 0 Å². The number of aromatic nitrogens is 2. The highest BCUT2D eigenvalue weighted by molar-refractivity contribution is 6.07. The molecule has 0 saturated carbocycles. The van der Waals surface area contributed by atoms with Gasteiger partial charge in [0.1, 0.15) is 18.0 Å². The second kappa shape index (κ2) is 7.28. The maximum Gasteiger partial charge on any atom is 0.251 e. The van der Waals surface area contributed by atoms with Crippen LogP contribution in [0.1, 0.15) is 28.3 Å². The van der Waals surface area contributed by atoms with Gasteiger partial charge in [-0.1, -0.05) is 30.3 Å². The van der Waals surface area contributed by atoms with Gasteiger partial charge in [-0.3, -0.25) is 4.79 Å². The van der Waals surface area contributed by atoms with Crippen LogP contribution in [0.3, 0.4) is 0 Å². The van der Waals surface area contributed by atoms with E-state index in [1.807, 2.05) is 18.2 Å². The molecule has 1 fully saturated rings. The maximum absolute atomic E-state index is 14.1. The number of halogens is 1. The minimum Gasteiger partial charge on any atom is -0.366 e. The summed E-state index contributed by atoms with van der Waals surface area (Å²) in [5.74, 6) is -0.473. The summed E-state index contributed by atoms with van der Waals surface area (Å²) in [5, 5.41) is 7.27. The Bertz CT molecular complexity index is 979. The van der Waals surface area contributed by atoms with Crippen molar-refractivity contribution in [3.63, 3.8) is 0 Å². The van der Waals surface area contributed by atoms with Crippen molar-refractivity contribution in [3.8, 4) is 0 Å². The van der Waals surface area contributed by atoms with Gasteiger partial charge in [-0.2, -0.15) is 0 Å². The zero-order chi connectivity index (χ0) is 18.8. The van der Waals surface area contributed by atoms with E-state index in [0.29, 0.717) is 22.6 Å². The summed E-state index contributed by atoms with van der Waals surface area (Å²) in [6.07, 6.45) is 2.34. The summed E-state index contributed by atoms with van der Waals surface area (Å²) in [4.78, 5) is 20.1. The molecule has 138 valence electrons. The zero-order valence-corrected chi connectivity index (χ0v) is 14.7. The van der Waals surface area contributed by atoms with Gasteiger partial charge in [-0.25, -0.2) is 14.4 Å². The van der Waals surface area contributed by atoms with Crippen molar-refractivity contribution in [3.05, 3.63) is 65.7 Å². The van der Waals surface area contributed by atoms with Crippen LogP contribution in [-0.2, 0) is 0 Å². The molecule has 2 atom stereocenters. The number of carbonyl (C=O) groups is 1. The second-order valence-corrected chi connectivity index (χ2v) is 6.70. The van der Waals surface area contributed by atoms with Crippen LogP contribution in [0.4, 0.5) is 10.2 Å². The highest BCUT2D eigenvalue weighted by Crippen LogP contribution is 2.30. The molecule has 2 aromatic carbocycles. The minimum atomic E-state index is -0.717. The summed E-state index contributed by atoms with van der Waals surface area (Å²) < 4.78 is 14.1. The zero-order valence-electron chi connectivity index (χ0n) is 14.7. The first-order chi connectivity index (χ1) is 13.1. The molecule has 1 aliphatic rings. The monoisotopic (exact) mass is 365 g/mol. The van der Waals surface area contributed by atoms with E-state index in [0.717, 1.165) is 25.6 Å². The Balaban J connectivity index is 1.73. The topological polar surface area (TPSA) is 92.9 Å². The van der Waals surface area contributed by atoms with Crippen LogP contribution in [0.25, 0.3) is 10.9 Å². The summed E-state index contributed by atoms with van der Waals surface area (Å²) in [6.45, 7) is 1.69. The van der Waals surface area contributed by atoms with Crippen LogP contribution in [0.15, 0.2) is 48.8 Å². The molecule has 6 nitrogen and oxygen atoms in total. The van der Waals surface area contributed by atoms with Gasteiger partial charge in [0, 0.05) is 23.9 Å². The number of benzene rings is 2. The number of carbonyl (C=O) groups excluding carboxylic acids is 1. The fraction of sp³-hybridized carbons (Fsp3) is 0.250. The molecule has 1 saturated heterocycles. The summed E-state index contributed by atoms with van der Waals surface area (Å²) in [7, 11) is 0. The molecular formula is C20H20FN5O. The van der Waals surface area contributed by atoms with Crippen molar-refractivity contribution in [2.45, 2.75) is 18.4 Å². The molecular weight excluding hydrogens is 345 g/mol. The molecule has 2 heterocycles. The quantitative estimate of drug-likeness (QED) is 0.660. The lowest BCUT2D eigenvalue weighted by atomic mass is 9.86. The number of piperidine rings is 1. The maximum atomic E-state index is 14.1. The van der Waals surface area contributed by atoms with Gasteiger partial charge in [-0.05, 0) is 30.7 Å². The predicted octanol–water partition coefficient (Wildman–Crippen LogP) is 2.43. The summed E-state index contributed by atoms with van der Waals surface area (Å²) in [5.41, 5.74) is 7.03. The Morgan fingerprint density at radius 1 is 1.22 bits per heavy atom. The number of amides is 1. The number of anilines is 1. The number of nitrogens with two attached hydrogens (primary N) is 1. The standard InChI is InChI=1S/C20H20FN5O/c21-13-8-15(19(22)27)18-16(9-13)20(25-11-24-18)26-17-10-23-7-6-14(17)12-4-2-1-3-5-12/h1-5,8-9,11,14,17,23H,6-7,10H2,(H2,22,27)(H,24,25,26)/t14-,17?/m1/s1. The van der Waals surface area contributed by atoms with Crippen molar-refractivity contribution >= 4 is 22.6 Å². The molecule has 4 rings (SSSR count). The van der Waals surface area contributed by atoms with Crippen molar-refractivity contribution < 1.29 is 9.18 Å². The third-order valence-corrected chi connectivity index (χ3v) is 5.00. The van der Waals surface area contributed by atoms with E-state index in [9.17, 15) is 9.18 Å². The first-order valence-electron chi connectivity index (χ1n) is 8.90. The van der Waals surface area contributed by atoms with Gasteiger partial charge in [0.15, 0.2) is 0 Å². The fourth-order valence-electron chi connectivity index (χ4n) is 3.72. The van der Waals surface area contributed by atoms with E-state index >= 15 is 0 Å². The molecule has 7 heteroatoms. The van der Waals surface area contributed by atoms with Crippen molar-refractivity contribution in [2.24, 2.45) is 5.73 Å². The summed E-state index contributed by atoms with van der Waals surface area (Å²) >= 11 is 0. The van der Waals surface area contributed by atoms with Gasteiger partial charge in [0.05, 0.1) is 11.1 Å². The van der Waals surface area contributed by atoms with Crippen molar-refractivity contribution in [2.75, 3.05) is 18.4 Å². The molecule has 0 bridgehead atoms. The van der Waals surface area contributed by atoms with Crippen LogP contribution < -0.4 is 16.4 Å². The molecule has 27 heavy (non-hydrogen) atoms. The molecule has 1 aromatic heterocycles. The number of rotatable bonds is 4. The third-order valence-electron chi connectivity index (χ3n) is 5.00. The van der Waals surface area contributed by atoms with Crippen LogP contribution in [0.2, 0.25) is 0 Å². The van der Waals surface area contributed by atoms with Crippen molar-refractivity contribution in [1.82, 2.24) is 15.3 Å². The Hall–Kier alpha value is -3.06. The van der Waals surface area contributed by atoms with Gasteiger partial charge in [0.2, 0.25) is 0 Å². The first kappa shape index (κ1) is 17.4. The Labute approximate surface area is 156 Å². The average Bonchev–Trinajstić information content (AvgIpc) is 2.69. The fourth-order valence-corrected chi connectivity index (χ4v) is 3.72. The number of fused-ring (bicyclic) bond motifs is 1. The van der Waals surface area contributed by atoms with Crippen LogP contribution in [0.5, 0.6) is 0 Å². The Morgan fingerprint density at radius 2 is 2.04 bits per heavy atom. The van der Waals surface area contributed by atoms with E-state index in [2.05, 4.69) is 32.7 Å². The lowest BCUT2D eigenvalue weighted by Crippen LogP contribution is -2.44. The van der Waals surface area contributed by atoms with Gasteiger partial charge < -0.3 is 16.4 Å². The average molecular weight is 365 g/mol. The molecule has 0 spiro atoms. The van der Waals surface area contributed by atoms with E-state index in [1.54, 1.807) is 0 Å². The molecule has 1 aliphatic heterocycles. The number of nitrogens with one attached hydrogen (secondary N) is 2. The largest absolute Gasteiger partial charge is 0.366 e. The smallest absolute Gasteiger partial charge is 0.251 e. The number of primary amides is 1. The van der Waals surface area contributed by atoms with Crippen molar-refractivity contribution in [1.29, 1.82) is 0 Å². The Kier molecular flexibility index (Phi) is 4.68. The summed E-state index contributed by atoms with van der Waals surface area (Å²) in [6, 6.07) is 12.8. The molecule has 0 aliphatic carbocycles. The third kappa shape index (κ3) is 3.46. The van der Waals surface area contributed by atoms with Crippen LogP contribution in [0, 0.1) is 5.82 Å². The SMILES string of the molecule is NC(=O)c1cc(F)cc2c(NC3CNCC[C@@H]3c3ccccc3)ncnc12. The van der Waals surface area contributed by atoms with Crippen LogP contribution >= 0.6 is 0 Å². The number of hydrogen-bond acceptors (Lipinski definition) is 5. The highest BCUT2D eigenvalue weighted by atomic mass is 19.1. The minimum absolute atomic E-state index is 0.0526. The second-order valence-electron chi connectivity index (χ2n) is 6.70. The normalized spacial score (nSPS) is 19.7. The lowest BCUT2D eigenvalue weighted by Gasteiger charge is -2.33. The highest BCUT2D eigenvalue weighted by Gasteiger charge is 2.27. The van der Waals surface area contributed by atoms with E-state index in [4.69, 9.17) is 5.73 Å². The van der Waals surface area contributed by atoms with E-state index < -0.39 is 11.7 Å². The predicted molar refractivity (Wildman–Crippen MR) is 102 cm³/mol. The van der Waals surface area contributed by atoms with E-state index in [-0.39, 0.29) is 11.6 Å². The van der Waals surface area contributed by atoms with Gasteiger partial charge in [-0.15, -0.1) is 0 Å². The molecule has 0 radical (unpaired) electrons. The Morgan fingerprint density at radius 3 is 2.81 bits per heavy atom. The molecule has 1 unspecified atom stereocenters. The van der Waals surface area contributed by atoms with Crippen LogP contribution in [-0.4, -0.2) is 35.0 Å². The molecule has 4 N–H and O–H groups in total. The lowest BCUT2D eigenvalue weighted by molar-refractivity contribution is 0.100. The van der Waals surface area contributed by atoms with Gasteiger partial charge in [0.25, 0.3) is 5.91 Å². The first-order valence-corrected chi connectivity index (χ1v) is 8.90. The molecule has 3 aromatic rings.